The summed E-state index contributed by atoms with van der Waals surface area (Å²) in [7, 11) is 0. The fraction of sp³-hybridized carbons (Fsp3) is 0.588. The molecule has 0 spiro atoms. The average Bonchev–Trinajstić information content (AvgIpc) is 3.24. The average molecular weight is 618 g/mol. The molecule has 0 radical (unpaired) electrons. The third-order valence-electron chi connectivity index (χ3n) is 10.1. The fourth-order valence-corrected chi connectivity index (χ4v) is 7.38. The van der Waals surface area contributed by atoms with Gasteiger partial charge in [0.25, 0.3) is 5.91 Å². The summed E-state index contributed by atoms with van der Waals surface area (Å²) in [6, 6.07) is 10.3. The van der Waals surface area contributed by atoms with E-state index in [1.807, 2.05) is 47.1 Å². The van der Waals surface area contributed by atoms with Gasteiger partial charge < -0.3 is 35.4 Å². The molecule has 1 aromatic carbocycles. The zero-order valence-electron chi connectivity index (χ0n) is 26.5. The number of nitrogens with one attached hydrogen (secondary N) is 1. The predicted molar refractivity (Wildman–Crippen MR) is 173 cm³/mol. The summed E-state index contributed by atoms with van der Waals surface area (Å²) in [5, 5.41) is 3.05. The van der Waals surface area contributed by atoms with Crippen molar-refractivity contribution in [2.75, 3.05) is 56.9 Å². The molecule has 0 aliphatic carbocycles. The highest BCUT2D eigenvalue weighted by atomic mass is 16.6. The molecule has 11 heteroatoms. The van der Waals surface area contributed by atoms with Crippen molar-refractivity contribution in [2.45, 2.75) is 82.9 Å². The zero-order chi connectivity index (χ0) is 31.3. The molecule has 0 saturated carbocycles. The summed E-state index contributed by atoms with van der Waals surface area (Å²) < 4.78 is 6.02. The molecular weight excluding hydrogens is 570 g/mol. The molecule has 11 nitrogen and oxygen atoms in total. The van der Waals surface area contributed by atoms with Crippen LogP contribution in [0.25, 0.3) is 0 Å². The van der Waals surface area contributed by atoms with Gasteiger partial charge in [-0.25, -0.2) is 14.6 Å². The molecule has 1 aromatic heterocycles. The van der Waals surface area contributed by atoms with Crippen molar-refractivity contribution in [1.29, 1.82) is 0 Å². The van der Waals surface area contributed by atoms with Gasteiger partial charge in [0.15, 0.2) is 6.10 Å². The number of piperidine rings is 3. The number of nitrogen functional groups attached to an aromatic ring is 1. The lowest BCUT2D eigenvalue weighted by Gasteiger charge is -2.41. The van der Waals surface area contributed by atoms with E-state index in [1.165, 1.54) is 19.3 Å². The number of carbonyl (C=O) groups excluding carboxylic acids is 3. The smallest absolute Gasteiger partial charge is 0.410 e. The number of carbonyl (C=O) groups is 3. The number of nitrogens with two attached hydrogens (primary N) is 1. The molecule has 4 aliphatic rings. The second kappa shape index (κ2) is 14.1. The lowest BCUT2D eigenvalue weighted by Crippen LogP contribution is -2.53. The zero-order valence-corrected chi connectivity index (χ0v) is 26.5. The van der Waals surface area contributed by atoms with Crippen LogP contribution in [0.5, 0.6) is 0 Å². The molecule has 242 valence electrons. The SMILES string of the molecule is Cc1cc(C[C@@H](OC(=O)N2CCC(N3CCc4ccccc4NC3=O)CC2)C(=O)N2CCC(N3CCCCC3)CC2)cnc1N. The number of hydrogen-bond acceptors (Lipinski definition) is 7. The van der Waals surface area contributed by atoms with Gasteiger partial charge in [-0.15, -0.1) is 0 Å². The summed E-state index contributed by atoms with van der Waals surface area (Å²) in [5.41, 5.74) is 9.58. The van der Waals surface area contributed by atoms with Crippen molar-refractivity contribution in [3.63, 3.8) is 0 Å². The van der Waals surface area contributed by atoms with E-state index in [4.69, 9.17) is 10.5 Å². The number of aryl methyl sites for hydroxylation is 1. The first-order chi connectivity index (χ1) is 21.9. The van der Waals surface area contributed by atoms with Gasteiger partial charge in [-0.1, -0.05) is 30.7 Å². The molecule has 3 N–H and O–H groups in total. The Kier molecular flexibility index (Phi) is 9.73. The lowest BCUT2D eigenvalue weighted by molar-refractivity contribution is -0.142. The Morgan fingerprint density at radius 2 is 1.64 bits per heavy atom. The molecule has 4 aliphatic heterocycles. The van der Waals surface area contributed by atoms with Crippen LogP contribution in [-0.4, -0.2) is 107 Å². The summed E-state index contributed by atoms with van der Waals surface area (Å²) in [4.78, 5) is 52.8. The standard InChI is InChI=1S/C34H47N7O4/c1-24-21-25(23-36-31(24)35)22-30(32(42)39-16-10-27(11-17-39)38-14-5-2-6-15-38)45-34(44)40-18-12-28(13-19-40)41-20-9-26-7-3-4-8-29(26)37-33(41)43/h3-4,7-8,21,23,27-28,30H,2,5-6,9-20,22H2,1H3,(H2,35,36)(H,37,43)/t30-/m1/s1. The first-order valence-electron chi connectivity index (χ1n) is 16.7. The van der Waals surface area contributed by atoms with Gasteiger partial charge in [0, 0.05) is 63.1 Å². The maximum Gasteiger partial charge on any atom is 0.410 e. The molecule has 1 atom stereocenters. The number of hydrogen-bond donors (Lipinski definition) is 2. The van der Waals surface area contributed by atoms with Gasteiger partial charge >= 0.3 is 12.1 Å². The van der Waals surface area contributed by atoms with Crippen LogP contribution in [0, 0.1) is 6.92 Å². The highest BCUT2D eigenvalue weighted by molar-refractivity contribution is 5.91. The number of nitrogens with zero attached hydrogens (tertiary/aromatic N) is 5. The molecule has 45 heavy (non-hydrogen) atoms. The van der Waals surface area contributed by atoms with Crippen molar-refractivity contribution >= 4 is 29.5 Å². The highest BCUT2D eigenvalue weighted by Gasteiger charge is 2.36. The normalized spacial score (nSPS) is 21.1. The topological polar surface area (TPSA) is 124 Å². The van der Waals surface area contributed by atoms with Crippen LogP contribution < -0.4 is 11.1 Å². The number of rotatable bonds is 6. The van der Waals surface area contributed by atoms with Crippen LogP contribution in [0.4, 0.5) is 21.1 Å². The Morgan fingerprint density at radius 1 is 0.956 bits per heavy atom. The number of anilines is 2. The molecule has 3 fully saturated rings. The van der Waals surface area contributed by atoms with Crippen LogP contribution in [0.15, 0.2) is 36.5 Å². The second-order valence-electron chi connectivity index (χ2n) is 13.0. The maximum absolute atomic E-state index is 13.9. The van der Waals surface area contributed by atoms with E-state index < -0.39 is 12.2 Å². The first-order valence-corrected chi connectivity index (χ1v) is 16.7. The Balaban J connectivity index is 1.07. The van der Waals surface area contributed by atoms with Gasteiger partial charge in [-0.3, -0.25) is 4.79 Å². The first kappa shape index (κ1) is 31.1. The minimum atomic E-state index is -0.943. The van der Waals surface area contributed by atoms with Crippen LogP contribution in [-0.2, 0) is 22.4 Å². The minimum absolute atomic E-state index is 0.0332. The maximum atomic E-state index is 13.9. The van der Waals surface area contributed by atoms with Gasteiger partial charge in [-0.05, 0) is 87.7 Å². The molecule has 3 saturated heterocycles. The molecule has 4 amide bonds. The summed E-state index contributed by atoms with van der Waals surface area (Å²) in [6.45, 7) is 7.08. The predicted octanol–water partition coefficient (Wildman–Crippen LogP) is 4.05. The number of para-hydroxylation sites is 1. The molecular formula is C34H47N7O4. The lowest BCUT2D eigenvalue weighted by atomic mass is 9.99. The quantitative estimate of drug-likeness (QED) is 0.501. The number of benzene rings is 1. The van der Waals surface area contributed by atoms with Gasteiger partial charge in [0.2, 0.25) is 0 Å². The van der Waals surface area contributed by atoms with Crippen LogP contribution in [0.1, 0.15) is 61.6 Å². The Labute approximate surface area is 266 Å². The molecule has 2 aromatic rings. The Bertz CT molecular complexity index is 1360. The summed E-state index contributed by atoms with van der Waals surface area (Å²) in [6.07, 6.45) is 8.27. The van der Waals surface area contributed by atoms with E-state index >= 15 is 0 Å². The minimum Gasteiger partial charge on any atom is -0.436 e. The largest absolute Gasteiger partial charge is 0.436 e. The third-order valence-corrected chi connectivity index (χ3v) is 10.1. The fourth-order valence-electron chi connectivity index (χ4n) is 7.38. The highest BCUT2D eigenvalue weighted by Crippen LogP contribution is 2.26. The van der Waals surface area contributed by atoms with Crippen LogP contribution in [0.2, 0.25) is 0 Å². The van der Waals surface area contributed by atoms with Crippen LogP contribution >= 0.6 is 0 Å². The number of urea groups is 1. The van der Waals surface area contributed by atoms with Crippen LogP contribution in [0.3, 0.4) is 0 Å². The van der Waals surface area contributed by atoms with E-state index in [1.54, 1.807) is 11.1 Å². The number of ether oxygens (including phenoxy) is 1. The monoisotopic (exact) mass is 617 g/mol. The summed E-state index contributed by atoms with van der Waals surface area (Å²) >= 11 is 0. The number of amides is 4. The number of aromatic nitrogens is 1. The van der Waals surface area contributed by atoms with Gasteiger partial charge in [0.1, 0.15) is 5.82 Å². The molecule has 0 bridgehead atoms. The Morgan fingerprint density at radius 3 is 2.38 bits per heavy atom. The third kappa shape index (κ3) is 7.35. The van der Waals surface area contributed by atoms with E-state index in [-0.39, 0.29) is 24.4 Å². The summed E-state index contributed by atoms with van der Waals surface area (Å²) in [5.74, 6) is 0.300. The van der Waals surface area contributed by atoms with Crippen molar-refractivity contribution in [2.24, 2.45) is 0 Å². The van der Waals surface area contributed by atoms with Crippen molar-refractivity contribution in [3.05, 3.63) is 53.2 Å². The number of pyridine rings is 1. The van der Waals surface area contributed by atoms with Gasteiger partial charge in [-0.2, -0.15) is 0 Å². The van der Waals surface area contributed by atoms with Gasteiger partial charge in [0.05, 0.1) is 0 Å². The van der Waals surface area contributed by atoms with E-state index in [0.29, 0.717) is 57.4 Å². The molecule has 0 unspecified atom stereocenters. The number of fused-ring (bicyclic) bond motifs is 1. The number of likely N-dealkylation sites (tertiary alicyclic amines) is 3. The van der Waals surface area contributed by atoms with E-state index in [2.05, 4.69) is 15.2 Å². The van der Waals surface area contributed by atoms with Crippen molar-refractivity contribution in [3.8, 4) is 0 Å². The Hall–Kier alpha value is -3.86. The molecule has 6 rings (SSSR count). The van der Waals surface area contributed by atoms with E-state index in [9.17, 15) is 14.4 Å². The second-order valence-corrected chi connectivity index (χ2v) is 13.0. The molecule has 5 heterocycles. The van der Waals surface area contributed by atoms with Crippen molar-refractivity contribution < 1.29 is 19.1 Å². The van der Waals surface area contributed by atoms with E-state index in [0.717, 1.165) is 54.7 Å². The van der Waals surface area contributed by atoms with Crippen molar-refractivity contribution in [1.82, 2.24) is 24.6 Å².